The van der Waals surface area contributed by atoms with E-state index in [1.807, 2.05) is 30.3 Å². The lowest BCUT2D eigenvalue weighted by atomic mass is 10.2. The Morgan fingerprint density at radius 1 is 1.23 bits per heavy atom. The van der Waals surface area contributed by atoms with Gasteiger partial charge >= 0.3 is 0 Å². The molecule has 8 nitrogen and oxygen atoms in total. The van der Waals surface area contributed by atoms with Crippen LogP contribution in [0.1, 0.15) is 30.1 Å². The first kappa shape index (κ1) is 20.9. The molecule has 4 aromatic rings. The topological polar surface area (TPSA) is 93.4 Å². The van der Waals surface area contributed by atoms with E-state index in [2.05, 4.69) is 32.9 Å². The second kappa shape index (κ2) is 9.63. The van der Waals surface area contributed by atoms with Crippen molar-refractivity contribution < 1.29 is 9.53 Å². The van der Waals surface area contributed by atoms with Gasteiger partial charge < -0.3 is 10.1 Å². The van der Waals surface area contributed by atoms with Crippen molar-refractivity contribution in [3.63, 3.8) is 0 Å². The van der Waals surface area contributed by atoms with E-state index in [-0.39, 0.29) is 11.0 Å². The van der Waals surface area contributed by atoms with Crippen molar-refractivity contribution in [1.29, 1.82) is 0 Å². The largest absolute Gasteiger partial charge is 0.494 e. The number of carbonyl (C=O) groups is 1. The minimum atomic E-state index is -0.296. The number of fused-ring (bicyclic) bond motifs is 1. The maximum absolute atomic E-state index is 12.5. The van der Waals surface area contributed by atoms with Crippen molar-refractivity contribution in [3.8, 4) is 16.3 Å². The van der Waals surface area contributed by atoms with E-state index in [1.54, 1.807) is 29.0 Å². The molecule has 2 aromatic heterocycles. The van der Waals surface area contributed by atoms with Gasteiger partial charge in [0, 0.05) is 16.8 Å². The van der Waals surface area contributed by atoms with Gasteiger partial charge in [-0.1, -0.05) is 30.7 Å². The molecule has 0 radical (unpaired) electrons. The number of nitrogens with one attached hydrogen (secondary N) is 2. The summed E-state index contributed by atoms with van der Waals surface area (Å²) in [5, 5.41) is 19.0. The van der Waals surface area contributed by atoms with Crippen LogP contribution >= 0.6 is 23.6 Å². The third kappa shape index (κ3) is 5.22. The van der Waals surface area contributed by atoms with Crippen molar-refractivity contribution in [1.82, 2.24) is 25.1 Å². The van der Waals surface area contributed by atoms with Crippen LogP contribution in [0.15, 0.2) is 54.9 Å². The summed E-state index contributed by atoms with van der Waals surface area (Å²) < 4.78 is 7.30. The highest BCUT2D eigenvalue weighted by atomic mass is 32.1. The zero-order chi connectivity index (χ0) is 21.6. The van der Waals surface area contributed by atoms with Crippen molar-refractivity contribution >= 4 is 45.2 Å². The molecular formula is C21H20N6O2S2. The van der Waals surface area contributed by atoms with Crippen molar-refractivity contribution in [2.75, 3.05) is 11.9 Å². The van der Waals surface area contributed by atoms with Gasteiger partial charge in [0.05, 0.1) is 6.61 Å². The minimum absolute atomic E-state index is 0.217. The molecule has 0 unspecified atom stereocenters. The van der Waals surface area contributed by atoms with E-state index < -0.39 is 0 Å². The average molecular weight is 453 g/mol. The lowest BCUT2D eigenvalue weighted by Gasteiger charge is -2.11. The van der Waals surface area contributed by atoms with Crippen LogP contribution in [-0.2, 0) is 0 Å². The first-order valence-electron chi connectivity index (χ1n) is 9.75. The van der Waals surface area contributed by atoms with E-state index in [0.29, 0.717) is 17.9 Å². The third-order valence-electron chi connectivity index (χ3n) is 4.37. The second-order valence-electron chi connectivity index (χ2n) is 6.68. The summed E-state index contributed by atoms with van der Waals surface area (Å²) in [5.41, 5.74) is 2.20. The zero-order valence-electron chi connectivity index (χ0n) is 16.7. The fraction of sp³-hybridized carbons (Fsp3) is 0.190. The highest BCUT2D eigenvalue weighted by Crippen LogP contribution is 2.25. The van der Waals surface area contributed by atoms with Gasteiger partial charge in [0.1, 0.15) is 17.1 Å². The Labute approximate surface area is 188 Å². The average Bonchev–Trinajstić information content (AvgIpc) is 3.37. The SMILES string of the molecule is CCCCOc1cccc(C(=O)NC(=S)Nc2ccc(-c3nn4cnnc4s3)cc2)c1. The first-order chi connectivity index (χ1) is 15.1. The molecule has 0 spiro atoms. The number of aromatic nitrogens is 4. The van der Waals surface area contributed by atoms with E-state index >= 15 is 0 Å². The number of unbranched alkanes of at least 4 members (excludes halogenated alkanes) is 1. The van der Waals surface area contributed by atoms with Gasteiger partial charge in [0.15, 0.2) is 5.11 Å². The highest BCUT2D eigenvalue weighted by Gasteiger charge is 2.11. The van der Waals surface area contributed by atoms with Crippen molar-refractivity contribution in [3.05, 3.63) is 60.4 Å². The number of nitrogens with zero attached hydrogens (tertiary/aromatic N) is 4. The van der Waals surface area contributed by atoms with Gasteiger partial charge in [-0.05, 0) is 61.1 Å². The summed E-state index contributed by atoms with van der Waals surface area (Å²) in [5.74, 6) is 0.371. The number of hydrogen-bond donors (Lipinski definition) is 2. The molecular weight excluding hydrogens is 432 g/mol. The Bertz CT molecular complexity index is 1170. The van der Waals surface area contributed by atoms with Crippen LogP contribution in [0.4, 0.5) is 5.69 Å². The Kier molecular flexibility index (Phi) is 6.48. The van der Waals surface area contributed by atoms with E-state index in [9.17, 15) is 4.79 Å². The van der Waals surface area contributed by atoms with E-state index in [4.69, 9.17) is 17.0 Å². The van der Waals surface area contributed by atoms with Gasteiger partial charge in [-0.25, -0.2) is 0 Å². The fourth-order valence-corrected chi connectivity index (χ4v) is 3.81. The lowest BCUT2D eigenvalue weighted by Crippen LogP contribution is -2.34. The van der Waals surface area contributed by atoms with Crippen LogP contribution in [0.25, 0.3) is 15.5 Å². The number of thiocarbonyl (C=S) groups is 1. The standard InChI is InChI=1S/C21H20N6O2S2/c1-2-3-11-29-17-6-4-5-15(12-17)18(28)24-20(30)23-16-9-7-14(8-10-16)19-26-27-13-22-25-21(27)31-19/h4-10,12-13H,2-3,11H2,1H3,(H2,23,24,28,30). The number of ether oxygens (including phenoxy) is 1. The molecule has 0 bridgehead atoms. The lowest BCUT2D eigenvalue weighted by molar-refractivity contribution is 0.0977. The third-order valence-corrected chi connectivity index (χ3v) is 5.53. The summed E-state index contributed by atoms with van der Waals surface area (Å²) in [7, 11) is 0. The molecule has 2 aromatic carbocycles. The highest BCUT2D eigenvalue weighted by molar-refractivity contribution is 7.80. The predicted octanol–water partition coefficient (Wildman–Crippen LogP) is 4.16. The van der Waals surface area contributed by atoms with Crippen LogP contribution in [0.3, 0.4) is 0 Å². The molecule has 0 aliphatic heterocycles. The van der Waals surface area contributed by atoms with Gasteiger partial charge in [-0.2, -0.15) is 9.61 Å². The number of hydrogen-bond acceptors (Lipinski definition) is 7. The van der Waals surface area contributed by atoms with E-state index in [0.717, 1.165) is 34.1 Å². The van der Waals surface area contributed by atoms with Crippen molar-refractivity contribution in [2.45, 2.75) is 19.8 Å². The van der Waals surface area contributed by atoms with Crippen LogP contribution in [0.5, 0.6) is 5.75 Å². The van der Waals surface area contributed by atoms with Gasteiger partial charge in [0.2, 0.25) is 4.96 Å². The molecule has 10 heteroatoms. The van der Waals surface area contributed by atoms with E-state index in [1.165, 1.54) is 11.3 Å². The van der Waals surface area contributed by atoms with Gasteiger partial charge in [-0.15, -0.1) is 10.2 Å². The maximum Gasteiger partial charge on any atom is 0.257 e. The van der Waals surface area contributed by atoms with Gasteiger partial charge in [0.25, 0.3) is 5.91 Å². The Morgan fingerprint density at radius 2 is 2.06 bits per heavy atom. The smallest absolute Gasteiger partial charge is 0.257 e. The molecule has 0 saturated heterocycles. The molecule has 2 heterocycles. The van der Waals surface area contributed by atoms with Crippen molar-refractivity contribution in [2.24, 2.45) is 0 Å². The number of benzene rings is 2. The Morgan fingerprint density at radius 3 is 2.84 bits per heavy atom. The molecule has 158 valence electrons. The summed E-state index contributed by atoms with van der Waals surface area (Å²) in [6.07, 6.45) is 3.59. The number of rotatable bonds is 7. The van der Waals surface area contributed by atoms with Crippen LogP contribution in [0, 0.1) is 0 Å². The summed E-state index contributed by atoms with van der Waals surface area (Å²) in [6.45, 7) is 2.73. The molecule has 0 saturated carbocycles. The number of anilines is 1. The molecule has 0 aliphatic rings. The summed E-state index contributed by atoms with van der Waals surface area (Å²) in [6, 6.07) is 14.7. The monoisotopic (exact) mass is 452 g/mol. The molecule has 31 heavy (non-hydrogen) atoms. The molecule has 0 atom stereocenters. The summed E-state index contributed by atoms with van der Waals surface area (Å²) in [4.78, 5) is 13.2. The molecule has 2 N–H and O–H groups in total. The Hall–Kier alpha value is -3.37. The predicted molar refractivity (Wildman–Crippen MR) is 125 cm³/mol. The van der Waals surface area contributed by atoms with Crippen LogP contribution < -0.4 is 15.4 Å². The van der Waals surface area contributed by atoms with Crippen LogP contribution in [-0.4, -0.2) is 37.4 Å². The minimum Gasteiger partial charge on any atom is -0.494 e. The molecule has 1 amide bonds. The van der Waals surface area contributed by atoms with Crippen LogP contribution in [0.2, 0.25) is 0 Å². The zero-order valence-corrected chi connectivity index (χ0v) is 18.4. The van der Waals surface area contributed by atoms with Gasteiger partial charge in [-0.3, -0.25) is 10.1 Å². The molecule has 0 fully saturated rings. The first-order valence-corrected chi connectivity index (χ1v) is 11.0. The number of amides is 1. The normalized spacial score (nSPS) is 10.7. The fourth-order valence-electron chi connectivity index (χ4n) is 2.77. The molecule has 4 rings (SSSR count). The molecule has 0 aliphatic carbocycles. The second-order valence-corrected chi connectivity index (χ2v) is 8.04. The number of carbonyl (C=O) groups excluding carboxylic acids is 1. The maximum atomic E-state index is 12.5. The summed E-state index contributed by atoms with van der Waals surface area (Å²) >= 11 is 6.74. The quantitative estimate of drug-likeness (QED) is 0.321. The Balaban J connectivity index is 1.34.